The van der Waals surface area contributed by atoms with Crippen molar-refractivity contribution in [2.45, 2.75) is 6.92 Å². The molecule has 2 aliphatic rings. The summed E-state index contributed by atoms with van der Waals surface area (Å²) in [6, 6.07) is 16.1. The molecular weight excluding hydrogens is 343 g/mol. The predicted octanol–water partition coefficient (Wildman–Crippen LogP) is 4.21. The van der Waals surface area contributed by atoms with Gasteiger partial charge in [0.15, 0.2) is 5.84 Å². The third-order valence-corrected chi connectivity index (χ3v) is 4.32. The van der Waals surface area contributed by atoms with E-state index in [0.717, 1.165) is 40.6 Å². The van der Waals surface area contributed by atoms with Gasteiger partial charge in [-0.1, -0.05) is 48.0 Å². The Labute approximate surface area is 152 Å². The first-order valence-corrected chi connectivity index (χ1v) is 7.88. The van der Waals surface area contributed by atoms with Gasteiger partial charge in [-0.2, -0.15) is 5.10 Å². The van der Waals surface area contributed by atoms with E-state index in [-0.39, 0.29) is 12.4 Å². The highest BCUT2D eigenvalue weighted by Crippen LogP contribution is 2.30. The SMILES string of the molecule is CC1=NN=C2CN=C(c3ccccc3Cl)c3ccccc3N2C1.Cl. The molecule has 2 aliphatic heterocycles. The number of anilines is 1. The molecular formula is C18H16Cl2N4. The Morgan fingerprint density at radius 2 is 1.67 bits per heavy atom. The first kappa shape index (κ1) is 16.7. The van der Waals surface area contributed by atoms with E-state index in [2.05, 4.69) is 27.2 Å². The van der Waals surface area contributed by atoms with Crippen LogP contribution < -0.4 is 4.90 Å². The smallest absolute Gasteiger partial charge is 0.154 e. The number of amidine groups is 1. The Bertz CT molecular complexity index is 871. The summed E-state index contributed by atoms with van der Waals surface area (Å²) in [5, 5.41) is 9.25. The number of hydrogen-bond donors (Lipinski definition) is 0. The molecule has 0 unspecified atom stereocenters. The minimum Gasteiger partial charge on any atom is -0.320 e. The fraction of sp³-hybridized carbons (Fsp3) is 0.167. The maximum atomic E-state index is 6.41. The minimum atomic E-state index is 0. The van der Waals surface area contributed by atoms with E-state index < -0.39 is 0 Å². The minimum absolute atomic E-state index is 0. The second-order valence-electron chi connectivity index (χ2n) is 5.60. The monoisotopic (exact) mass is 358 g/mol. The lowest BCUT2D eigenvalue weighted by molar-refractivity contribution is 1.03. The summed E-state index contributed by atoms with van der Waals surface area (Å²) in [4.78, 5) is 6.98. The van der Waals surface area contributed by atoms with Crippen molar-refractivity contribution >= 4 is 47.0 Å². The molecule has 2 aromatic rings. The summed E-state index contributed by atoms with van der Waals surface area (Å²) in [7, 11) is 0. The van der Waals surface area contributed by atoms with Gasteiger partial charge >= 0.3 is 0 Å². The molecule has 0 radical (unpaired) electrons. The summed E-state index contributed by atoms with van der Waals surface area (Å²) in [5.41, 5.74) is 5.00. The molecule has 0 amide bonds. The molecule has 0 spiro atoms. The van der Waals surface area contributed by atoms with Gasteiger partial charge in [-0.05, 0) is 19.1 Å². The molecule has 4 nitrogen and oxygen atoms in total. The Hall–Kier alpha value is -2.17. The van der Waals surface area contributed by atoms with Crippen LogP contribution in [0.15, 0.2) is 63.7 Å². The van der Waals surface area contributed by atoms with Gasteiger partial charge in [0.1, 0.15) is 0 Å². The molecule has 0 atom stereocenters. The maximum Gasteiger partial charge on any atom is 0.154 e. The lowest BCUT2D eigenvalue weighted by Gasteiger charge is -2.27. The third kappa shape index (κ3) is 2.83. The van der Waals surface area contributed by atoms with E-state index in [0.29, 0.717) is 11.6 Å². The van der Waals surface area contributed by atoms with E-state index >= 15 is 0 Å². The molecule has 24 heavy (non-hydrogen) atoms. The largest absolute Gasteiger partial charge is 0.320 e. The molecule has 0 saturated carbocycles. The Morgan fingerprint density at radius 3 is 2.46 bits per heavy atom. The zero-order valence-corrected chi connectivity index (χ0v) is 14.7. The van der Waals surface area contributed by atoms with Gasteiger partial charge in [0.2, 0.25) is 0 Å². The van der Waals surface area contributed by atoms with Crippen molar-refractivity contribution < 1.29 is 0 Å². The van der Waals surface area contributed by atoms with Crippen LogP contribution in [0.25, 0.3) is 0 Å². The van der Waals surface area contributed by atoms with E-state index in [1.54, 1.807) is 0 Å². The van der Waals surface area contributed by atoms with Crippen LogP contribution in [-0.4, -0.2) is 30.3 Å². The van der Waals surface area contributed by atoms with Gasteiger partial charge < -0.3 is 4.90 Å². The molecule has 4 rings (SSSR count). The van der Waals surface area contributed by atoms with Gasteiger partial charge in [-0.15, -0.1) is 17.5 Å². The van der Waals surface area contributed by atoms with Gasteiger partial charge in [0, 0.05) is 16.1 Å². The fourth-order valence-electron chi connectivity index (χ4n) is 2.92. The first-order chi connectivity index (χ1) is 11.2. The van der Waals surface area contributed by atoms with E-state index in [1.807, 2.05) is 43.3 Å². The van der Waals surface area contributed by atoms with Crippen LogP contribution in [0.2, 0.25) is 5.02 Å². The van der Waals surface area contributed by atoms with Crippen LogP contribution in [0.3, 0.4) is 0 Å². The van der Waals surface area contributed by atoms with Gasteiger partial charge in [-0.3, -0.25) is 4.99 Å². The lowest BCUT2D eigenvalue weighted by atomic mass is 10.00. The van der Waals surface area contributed by atoms with E-state index in [4.69, 9.17) is 16.6 Å². The average Bonchev–Trinajstić information content (AvgIpc) is 2.73. The number of para-hydroxylation sites is 1. The number of halogens is 2. The van der Waals surface area contributed by atoms with Crippen molar-refractivity contribution in [1.29, 1.82) is 0 Å². The molecule has 6 heteroatoms. The normalized spacial score (nSPS) is 15.9. The Kier molecular flexibility index (Phi) is 4.69. The van der Waals surface area contributed by atoms with E-state index in [1.165, 1.54) is 0 Å². The molecule has 0 N–H and O–H groups in total. The van der Waals surface area contributed by atoms with Crippen LogP contribution in [0.5, 0.6) is 0 Å². The molecule has 0 bridgehead atoms. The van der Waals surface area contributed by atoms with Crippen molar-refractivity contribution in [3.05, 3.63) is 64.7 Å². The summed E-state index contributed by atoms with van der Waals surface area (Å²) in [6.07, 6.45) is 0. The zero-order chi connectivity index (χ0) is 15.8. The highest BCUT2D eigenvalue weighted by atomic mass is 35.5. The Balaban J connectivity index is 0.00000169. The number of rotatable bonds is 1. The van der Waals surface area contributed by atoms with Crippen molar-refractivity contribution in [3.8, 4) is 0 Å². The third-order valence-electron chi connectivity index (χ3n) is 3.99. The van der Waals surface area contributed by atoms with Crippen molar-refractivity contribution in [1.82, 2.24) is 0 Å². The number of nitrogens with zero attached hydrogens (tertiary/aromatic N) is 4. The summed E-state index contributed by atoms with van der Waals surface area (Å²) in [5.74, 6) is 0.866. The standard InChI is InChI=1S/C18H15ClN4.ClH/c1-12-11-23-16-9-5-3-7-14(16)18(20-10-17(23)22-21-12)13-6-2-4-8-15(13)19;/h2-9H,10-11H2,1H3;1H. The maximum absolute atomic E-state index is 6.41. The molecule has 0 fully saturated rings. The highest BCUT2D eigenvalue weighted by molar-refractivity contribution is 6.36. The van der Waals surface area contributed by atoms with Crippen molar-refractivity contribution in [2.24, 2.45) is 15.2 Å². The van der Waals surface area contributed by atoms with Crippen molar-refractivity contribution in [2.75, 3.05) is 18.0 Å². The highest BCUT2D eigenvalue weighted by Gasteiger charge is 2.26. The lowest BCUT2D eigenvalue weighted by Crippen LogP contribution is -2.38. The molecule has 2 heterocycles. The van der Waals surface area contributed by atoms with Crippen LogP contribution in [0.4, 0.5) is 5.69 Å². The number of benzene rings is 2. The number of fused-ring (bicyclic) bond motifs is 3. The van der Waals surface area contributed by atoms with Crippen LogP contribution >= 0.6 is 24.0 Å². The first-order valence-electron chi connectivity index (χ1n) is 7.50. The molecule has 2 aromatic carbocycles. The van der Waals surface area contributed by atoms with Crippen molar-refractivity contribution in [3.63, 3.8) is 0 Å². The molecule has 0 aromatic heterocycles. The molecule has 122 valence electrons. The predicted molar refractivity (Wildman–Crippen MR) is 104 cm³/mol. The van der Waals surface area contributed by atoms with E-state index in [9.17, 15) is 0 Å². The molecule has 0 saturated heterocycles. The van der Waals surface area contributed by atoms with Gasteiger partial charge in [0.25, 0.3) is 0 Å². The van der Waals surface area contributed by atoms with Crippen LogP contribution in [-0.2, 0) is 0 Å². The zero-order valence-electron chi connectivity index (χ0n) is 13.1. The topological polar surface area (TPSA) is 40.3 Å². The van der Waals surface area contributed by atoms with Crippen LogP contribution in [0, 0.1) is 0 Å². The summed E-state index contributed by atoms with van der Waals surface area (Å²) >= 11 is 6.41. The van der Waals surface area contributed by atoms with Gasteiger partial charge in [0.05, 0.1) is 30.2 Å². The number of aliphatic imine (C=N–C) groups is 1. The van der Waals surface area contributed by atoms with Crippen LogP contribution in [0.1, 0.15) is 18.1 Å². The second-order valence-corrected chi connectivity index (χ2v) is 6.01. The number of hydrogen-bond acceptors (Lipinski definition) is 4. The summed E-state index contributed by atoms with van der Waals surface area (Å²) < 4.78 is 0. The second kappa shape index (κ2) is 6.75. The Morgan fingerprint density at radius 1 is 0.958 bits per heavy atom. The quantitative estimate of drug-likeness (QED) is 0.752. The van der Waals surface area contributed by atoms with Gasteiger partial charge in [-0.25, -0.2) is 0 Å². The average molecular weight is 359 g/mol. The fourth-order valence-corrected chi connectivity index (χ4v) is 3.14. The molecule has 0 aliphatic carbocycles. The summed E-state index contributed by atoms with van der Waals surface area (Å²) in [6.45, 7) is 3.22.